The number of nitrogens with one attached hydrogen (secondary N) is 1. The van der Waals surface area contributed by atoms with Crippen LogP contribution < -0.4 is 5.32 Å². The second-order valence-electron chi connectivity index (χ2n) is 22.2. The van der Waals surface area contributed by atoms with Gasteiger partial charge in [-0.05, 0) is 103 Å². The molecular formula is C71H115NO13. The molecule has 0 bridgehead atoms. The molecule has 2 heterocycles. The van der Waals surface area contributed by atoms with Crippen molar-refractivity contribution in [2.75, 3.05) is 19.8 Å². The van der Waals surface area contributed by atoms with E-state index in [1.807, 2.05) is 6.08 Å². The van der Waals surface area contributed by atoms with Crippen molar-refractivity contribution in [2.24, 2.45) is 0 Å². The van der Waals surface area contributed by atoms with Gasteiger partial charge in [0.15, 0.2) is 12.6 Å². The first-order chi connectivity index (χ1) is 41.6. The third kappa shape index (κ3) is 38.7. The van der Waals surface area contributed by atoms with Crippen LogP contribution in [0.3, 0.4) is 0 Å². The minimum atomic E-state index is -1.80. The van der Waals surface area contributed by atoms with E-state index in [1.54, 1.807) is 6.08 Å². The molecular weight excluding hydrogens is 1070 g/mol. The summed E-state index contributed by atoms with van der Waals surface area (Å²) in [6.07, 6.45) is 64.6. The molecule has 2 aliphatic rings. The maximum absolute atomic E-state index is 13.3. The van der Waals surface area contributed by atoms with Crippen molar-refractivity contribution in [2.45, 2.75) is 274 Å². The Kier molecular flexibility index (Phi) is 48.9. The maximum atomic E-state index is 13.3. The van der Waals surface area contributed by atoms with Crippen molar-refractivity contribution < 1.29 is 64.6 Å². The van der Waals surface area contributed by atoms with Crippen LogP contribution in [-0.4, -0.2) is 140 Å². The van der Waals surface area contributed by atoms with Crippen molar-refractivity contribution in [1.82, 2.24) is 5.32 Å². The van der Waals surface area contributed by atoms with Crippen LogP contribution in [0.4, 0.5) is 0 Å². The molecule has 0 saturated carbocycles. The number of hydrogen-bond acceptors (Lipinski definition) is 13. The highest BCUT2D eigenvalue weighted by Crippen LogP contribution is 2.30. The van der Waals surface area contributed by atoms with Crippen LogP contribution >= 0.6 is 0 Å². The number of carbonyl (C=O) groups excluding carboxylic acids is 1. The van der Waals surface area contributed by atoms with E-state index >= 15 is 0 Å². The lowest BCUT2D eigenvalue weighted by atomic mass is 9.97. The van der Waals surface area contributed by atoms with Gasteiger partial charge >= 0.3 is 0 Å². The molecule has 1 amide bonds. The molecule has 482 valence electrons. The molecule has 0 aromatic heterocycles. The van der Waals surface area contributed by atoms with Gasteiger partial charge in [-0.1, -0.05) is 237 Å². The lowest BCUT2D eigenvalue weighted by Gasteiger charge is -2.46. The zero-order valence-electron chi connectivity index (χ0n) is 52.0. The fraction of sp³-hybridized carbons (Fsp3) is 0.648. The van der Waals surface area contributed by atoms with Gasteiger partial charge in [-0.15, -0.1) is 0 Å². The summed E-state index contributed by atoms with van der Waals surface area (Å²) in [5.74, 6) is -0.278. The molecule has 9 N–H and O–H groups in total. The highest BCUT2D eigenvalue weighted by molar-refractivity contribution is 5.76. The second kappa shape index (κ2) is 54.1. The summed E-state index contributed by atoms with van der Waals surface area (Å²) in [4.78, 5) is 13.3. The van der Waals surface area contributed by atoms with Gasteiger partial charge in [-0.2, -0.15) is 0 Å². The summed E-state index contributed by atoms with van der Waals surface area (Å²) in [6.45, 7) is 2.63. The number of amides is 1. The van der Waals surface area contributed by atoms with E-state index in [0.29, 0.717) is 6.42 Å². The Morgan fingerprint density at radius 3 is 1.25 bits per heavy atom. The average molecular weight is 1190 g/mol. The fourth-order valence-electron chi connectivity index (χ4n) is 9.59. The molecule has 14 nitrogen and oxygen atoms in total. The topological polar surface area (TPSA) is 228 Å². The van der Waals surface area contributed by atoms with E-state index in [9.17, 15) is 45.6 Å². The number of aliphatic hydroxyl groups excluding tert-OH is 8. The standard InChI is InChI=1S/C71H115NO13/c1-3-5-7-9-11-13-15-17-19-20-21-22-23-24-25-26-27-28-29-30-31-32-33-34-35-36-37-38-39-40-41-43-45-47-49-51-53-55-63(76)72-59(60(75)54-52-50-48-46-44-42-18-16-14-12-10-8-6-4-2)58-82-70-68(81)66(79)69(62(57-74)84-70)85-71-67(80)65(78)64(77)61(56-73)83-71/h5,7,11,13,17,19,21-22,24-25,27-28,30-31,33-34,36-37,39-40,43,45,52,54,59-62,64-71,73-75,77-81H,3-4,6,8-10,12,14-16,18,20,23,26,29,32,35,38,41-42,44,46-51,53,55-58H2,1-2H3,(H,72,76)/b7-5-,13-11-,19-17-,22-21-,25-24-,28-27-,31-30-,34-33-,37-36-,40-39-,45-43-,54-52+. The molecule has 0 aromatic rings. The van der Waals surface area contributed by atoms with Crippen molar-refractivity contribution >= 4 is 5.91 Å². The lowest BCUT2D eigenvalue weighted by Crippen LogP contribution is -2.65. The molecule has 2 fully saturated rings. The van der Waals surface area contributed by atoms with E-state index in [0.717, 1.165) is 116 Å². The number of carbonyl (C=O) groups is 1. The molecule has 14 heteroatoms. The highest BCUT2D eigenvalue weighted by atomic mass is 16.7. The Labute approximate surface area is 513 Å². The molecule has 2 saturated heterocycles. The third-order valence-electron chi connectivity index (χ3n) is 14.8. The van der Waals surface area contributed by atoms with Gasteiger partial charge in [-0.3, -0.25) is 4.79 Å². The summed E-state index contributed by atoms with van der Waals surface area (Å²) in [6, 6.07) is -0.943. The van der Waals surface area contributed by atoms with Crippen LogP contribution in [0.15, 0.2) is 146 Å². The molecule has 0 spiro atoms. The molecule has 12 atom stereocenters. The molecule has 0 aromatic carbocycles. The van der Waals surface area contributed by atoms with E-state index in [-0.39, 0.29) is 18.9 Å². The van der Waals surface area contributed by atoms with E-state index < -0.39 is 86.8 Å². The Morgan fingerprint density at radius 1 is 0.435 bits per heavy atom. The largest absolute Gasteiger partial charge is 0.394 e. The number of ether oxygens (including phenoxy) is 4. The molecule has 2 rings (SSSR count). The predicted molar refractivity (Wildman–Crippen MR) is 345 cm³/mol. The first kappa shape index (κ1) is 77.0. The van der Waals surface area contributed by atoms with Crippen LogP contribution in [-0.2, 0) is 23.7 Å². The third-order valence-corrected chi connectivity index (χ3v) is 14.8. The fourth-order valence-corrected chi connectivity index (χ4v) is 9.59. The van der Waals surface area contributed by atoms with Crippen LogP contribution in [0.1, 0.15) is 200 Å². The Bertz CT molecular complexity index is 1980. The number of aliphatic hydroxyl groups is 8. The normalized spacial score (nSPS) is 24.5. The van der Waals surface area contributed by atoms with E-state index in [2.05, 4.69) is 153 Å². The van der Waals surface area contributed by atoms with Crippen LogP contribution in [0.5, 0.6) is 0 Å². The van der Waals surface area contributed by atoms with Crippen molar-refractivity contribution in [3.8, 4) is 0 Å². The second-order valence-corrected chi connectivity index (χ2v) is 22.2. The summed E-state index contributed by atoms with van der Waals surface area (Å²) < 4.78 is 22.8. The van der Waals surface area contributed by atoms with Gasteiger partial charge < -0.3 is 65.1 Å². The van der Waals surface area contributed by atoms with Crippen LogP contribution in [0.25, 0.3) is 0 Å². The van der Waals surface area contributed by atoms with E-state index in [4.69, 9.17) is 18.9 Å². The first-order valence-corrected chi connectivity index (χ1v) is 32.6. The van der Waals surface area contributed by atoms with Crippen molar-refractivity contribution in [3.05, 3.63) is 146 Å². The van der Waals surface area contributed by atoms with Gasteiger partial charge in [0.2, 0.25) is 5.91 Å². The number of unbranched alkanes of at least 4 members (excludes halogenated alkanes) is 15. The zero-order valence-corrected chi connectivity index (χ0v) is 52.0. The minimum absolute atomic E-state index is 0.231. The molecule has 0 aliphatic carbocycles. The van der Waals surface area contributed by atoms with Gasteiger partial charge in [0.05, 0.1) is 32.0 Å². The highest BCUT2D eigenvalue weighted by Gasteiger charge is 2.51. The quantitative estimate of drug-likeness (QED) is 0.0204. The maximum Gasteiger partial charge on any atom is 0.220 e. The molecule has 85 heavy (non-hydrogen) atoms. The van der Waals surface area contributed by atoms with Gasteiger partial charge in [0, 0.05) is 6.42 Å². The zero-order chi connectivity index (χ0) is 61.6. The smallest absolute Gasteiger partial charge is 0.220 e. The SMILES string of the molecule is CC/C=C\C/C=C\C/C=C\C/C=C\C/C=C\C/C=C\C/C=C\C/C=C\C/C=C\C/C=C\C/C=C\CCCCCC(=O)NC(COC1OC(CO)C(OC2OC(CO)C(O)C(O)C2O)C(O)C1O)C(O)/C=C/CCCCCCCCCCCCCC. The summed E-state index contributed by atoms with van der Waals surface area (Å²) in [7, 11) is 0. The monoisotopic (exact) mass is 1190 g/mol. The lowest BCUT2D eigenvalue weighted by molar-refractivity contribution is -0.359. The Hall–Kier alpha value is -4.13. The number of allylic oxidation sites excluding steroid dienone is 23. The number of rotatable bonds is 50. The summed E-state index contributed by atoms with van der Waals surface area (Å²) >= 11 is 0. The number of hydrogen-bond donors (Lipinski definition) is 9. The van der Waals surface area contributed by atoms with Gasteiger partial charge in [-0.25, -0.2) is 0 Å². The molecule has 0 radical (unpaired) electrons. The summed E-state index contributed by atoms with van der Waals surface area (Å²) in [5, 5.41) is 87.1. The average Bonchev–Trinajstić information content (AvgIpc) is 3.65. The Balaban J connectivity index is 1.69. The first-order valence-electron chi connectivity index (χ1n) is 32.6. The van der Waals surface area contributed by atoms with Crippen LogP contribution in [0, 0.1) is 0 Å². The van der Waals surface area contributed by atoms with Gasteiger partial charge in [0.25, 0.3) is 0 Å². The summed E-state index contributed by atoms with van der Waals surface area (Å²) in [5.41, 5.74) is 0. The predicted octanol–water partition coefficient (Wildman–Crippen LogP) is 12.5. The van der Waals surface area contributed by atoms with Crippen LogP contribution in [0.2, 0.25) is 0 Å². The van der Waals surface area contributed by atoms with E-state index in [1.165, 1.54) is 57.8 Å². The Morgan fingerprint density at radius 2 is 0.812 bits per heavy atom. The van der Waals surface area contributed by atoms with Crippen molar-refractivity contribution in [3.63, 3.8) is 0 Å². The van der Waals surface area contributed by atoms with Gasteiger partial charge in [0.1, 0.15) is 48.8 Å². The molecule has 12 unspecified atom stereocenters. The molecule has 2 aliphatic heterocycles. The van der Waals surface area contributed by atoms with Crippen molar-refractivity contribution in [1.29, 1.82) is 0 Å². The minimum Gasteiger partial charge on any atom is -0.394 e.